The second kappa shape index (κ2) is 10.6. The van der Waals surface area contributed by atoms with Crippen LogP contribution in [0.2, 0.25) is 0 Å². The maximum absolute atomic E-state index is 12.2. The van der Waals surface area contributed by atoms with Crippen molar-refractivity contribution < 1.29 is 31.7 Å². The Bertz CT molecular complexity index is 523. The first-order valence-corrected chi connectivity index (χ1v) is 10.3. The van der Waals surface area contributed by atoms with Gasteiger partial charge in [0.25, 0.3) is 0 Å². The Morgan fingerprint density at radius 1 is 1.16 bits per heavy atom. The van der Waals surface area contributed by atoms with E-state index in [2.05, 4.69) is 5.32 Å². The van der Waals surface area contributed by atoms with E-state index in [0.29, 0.717) is 51.7 Å². The summed E-state index contributed by atoms with van der Waals surface area (Å²) in [7, 11) is -4.01. The minimum Gasteiger partial charge on any atom is -0.446 e. The molecule has 0 spiro atoms. The van der Waals surface area contributed by atoms with Gasteiger partial charge in [-0.15, -0.1) is 0 Å². The fourth-order valence-electron chi connectivity index (χ4n) is 2.55. The number of carbonyl (C=O) groups is 2. The molecule has 146 valence electrons. The molecule has 25 heavy (non-hydrogen) atoms. The van der Waals surface area contributed by atoms with Crippen molar-refractivity contribution in [2.75, 3.05) is 13.2 Å². The van der Waals surface area contributed by atoms with Crippen LogP contribution in [0.3, 0.4) is 0 Å². The van der Waals surface area contributed by atoms with Gasteiger partial charge in [-0.1, -0.05) is 26.7 Å². The second-order valence-electron chi connectivity index (χ2n) is 6.18. The summed E-state index contributed by atoms with van der Waals surface area (Å²) in [5.74, 6) is -1.01. The maximum atomic E-state index is 12.2. The fourth-order valence-corrected chi connectivity index (χ4v) is 4.10. The van der Waals surface area contributed by atoms with Crippen molar-refractivity contribution in [3.8, 4) is 0 Å². The van der Waals surface area contributed by atoms with Crippen LogP contribution >= 0.6 is 0 Å². The first kappa shape index (κ1) is 21.7. The van der Waals surface area contributed by atoms with Crippen molar-refractivity contribution in [2.45, 2.75) is 76.7 Å². The molecule has 0 aliphatic carbocycles. The standard InChI is InChI=1S/C16H29NO7S/c1-4-6-14(7-5-2)25(20,21)24-15(18)12(3)17-16(19)23-13-8-10-22-11-9-13/h12-14H,4-11H2,1-3H3,(H,17,19)/t12-/m0/s1. The van der Waals surface area contributed by atoms with E-state index in [1.165, 1.54) is 6.92 Å². The van der Waals surface area contributed by atoms with E-state index in [4.69, 9.17) is 13.7 Å². The van der Waals surface area contributed by atoms with Gasteiger partial charge in [0, 0.05) is 12.8 Å². The lowest BCUT2D eigenvalue weighted by atomic mass is 10.2. The normalized spacial score (nSPS) is 17.1. The Kier molecular flexibility index (Phi) is 9.20. The van der Waals surface area contributed by atoms with Gasteiger partial charge in [-0.05, 0) is 19.8 Å². The molecule has 9 heteroatoms. The first-order chi connectivity index (χ1) is 11.8. The van der Waals surface area contributed by atoms with E-state index in [-0.39, 0.29) is 6.10 Å². The highest BCUT2D eigenvalue weighted by atomic mass is 32.2. The average molecular weight is 379 g/mol. The molecule has 0 aromatic carbocycles. The minimum atomic E-state index is -4.01. The van der Waals surface area contributed by atoms with Crippen LogP contribution in [0.25, 0.3) is 0 Å². The summed E-state index contributed by atoms with van der Waals surface area (Å²) in [5, 5.41) is 1.60. The molecule has 0 unspecified atom stereocenters. The third kappa shape index (κ3) is 7.60. The molecule has 1 atom stereocenters. The molecular weight excluding hydrogens is 350 g/mol. The van der Waals surface area contributed by atoms with Crippen molar-refractivity contribution in [1.29, 1.82) is 0 Å². The highest BCUT2D eigenvalue weighted by Crippen LogP contribution is 2.17. The molecule has 0 radical (unpaired) electrons. The second-order valence-corrected chi connectivity index (χ2v) is 8.00. The van der Waals surface area contributed by atoms with Gasteiger partial charge in [0.1, 0.15) is 12.1 Å². The highest BCUT2D eigenvalue weighted by Gasteiger charge is 2.31. The predicted octanol–water partition coefficient (Wildman–Crippen LogP) is 2.12. The number of ether oxygens (including phenoxy) is 2. The predicted molar refractivity (Wildman–Crippen MR) is 91.5 cm³/mol. The lowest BCUT2D eigenvalue weighted by molar-refractivity contribution is -0.135. The van der Waals surface area contributed by atoms with Crippen LogP contribution in [0.4, 0.5) is 4.79 Å². The van der Waals surface area contributed by atoms with Gasteiger partial charge in [-0.25, -0.2) is 9.59 Å². The zero-order valence-corrected chi connectivity index (χ0v) is 16.0. The number of carbonyl (C=O) groups excluding carboxylic acids is 2. The molecule has 0 bridgehead atoms. The Morgan fingerprint density at radius 2 is 1.72 bits per heavy atom. The van der Waals surface area contributed by atoms with Crippen LogP contribution in [0.1, 0.15) is 59.3 Å². The molecule has 1 fully saturated rings. The number of hydrogen-bond donors (Lipinski definition) is 1. The smallest absolute Gasteiger partial charge is 0.408 e. The third-order valence-corrected chi connectivity index (χ3v) is 5.64. The van der Waals surface area contributed by atoms with Crippen molar-refractivity contribution >= 4 is 22.2 Å². The van der Waals surface area contributed by atoms with E-state index in [1.54, 1.807) is 0 Å². The molecule has 1 saturated heterocycles. The molecule has 8 nitrogen and oxygen atoms in total. The van der Waals surface area contributed by atoms with Crippen LogP contribution in [0, 0.1) is 0 Å². The number of amides is 1. The van der Waals surface area contributed by atoms with Gasteiger partial charge in [-0.3, -0.25) is 0 Å². The summed E-state index contributed by atoms with van der Waals surface area (Å²) in [4.78, 5) is 23.8. The molecule has 1 heterocycles. The summed E-state index contributed by atoms with van der Waals surface area (Å²) in [6.07, 6.45) is 2.35. The van der Waals surface area contributed by atoms with E-state index in [0.717, 1.165) is 0 Å². The van der Waals surface area contributed by atoms with Crippen molar-refractivity contribution in [3.05, 3.63) is 0 Å². The van der Waals surface area contributed by atoms with Crippen molar-refractivity contribution in [1.82, 2.24) is 5.32 Å². The Morgan fingerprint density at radius 3 is 2.24 bits per heavy atom. The maximum Gasteiger partial charge on any atom is 0.408 e. The molecule has 1 amide bonds. The molecule has 1 aliphatic rings. The van der Waals surface area contributed by atoms with Gasteiger partial charge >= 0.3 is 22.2 Å². The Balaban J connectivity index is 2.52. The quantitative estimate of drug-likeness (QED) is 0.611. The first-order valence-electron chi connectivity index (χ1n) is 8.82. The van der Waals surface area contributed by atoms with Crippen LogP contribution in [-0.2, 0) is 28.6 Å². The topological polar surface area (TPSA) is 108 Å². The minimum absolute atomic E-state index is 0.265. The van der Waals surface area contributed by atoms with Gasteiger partial charge in [0.05, 0.1) is 18.5 Å². The van der Waals surface area contributed by atoms with E-state index in [9.17, 15) is 18.0 Å². The largest absolute Gasteiger partial charge is 0.446 e. The average Bonchev–Trinajstić information content (AvgIpc) is 2.55. The monoisotopic (exact) mass is 379 g/mol. The highest BCUT2D eigenvalue weighted by molar-refractivity contribution is 7.87. The molecule has 1 aliphatic heterocycles. The lowest BCUT2D eigenvalue weighted by Crippen LogP contribution is -2.43. The SMILES string of the molecule is CCCC(CCC)S(=O)(=O)OC(=O)[C@H](C)NC(=O)OC1CCOCC1. The molecule has 0 aromatic rings. The van der Waals surface area contributed by atoms with E-state index >= 15 is 0 Å². The molecule has 1 rings (SSSR count). The number of nitrogens with one attached hydrogen (secondary N) is 1. The van der Waals surface area contributed by atoms with Gasteiger partial charge in [0.2, 0.25) is 0 Å². The van der Waals surface area contributed by atoms with Gasteiger partial charge in [0.15, 0.2) is 0 Å². The van der Waals surface area contributed by atoms with Crippen LogP contribution in [-0.4, -0.2) is 51.1 Å². The Labute approximate surface area is 149 Å². The number of hydrogen-bond acceptors (Lipinski definition) is 7. The number of rotatable bonds is 9. The zero-order valence-electron chi connectivity index (χ0n) is 15.2. The fraction of sp³-hybridized carbons (Fsp3) is 0.875. The number of alkyl carbamates (subject to hydrolysis) is 1. The van der Waals surface area contributed by atoms with Crippen molar-refractivity contribution in [3.63, 3.8) is 0 Å². The van der Waals surface area contributed by atoms with Gasteiger partial charge in [-0.2, -0.15) is 8.42 Å². The summed E-state index contributed by atoms with van der Waals surface area (Å²) < 4.78 is 39.5. The summed E-state index contributed by atoms with van der Waals surface area (Å²) in [6.45, 7) is 6.14. The summed E-state index contributed by atoms with van der Waals surface area (Å²) in [6, 6.07) is -1.12. The van der Waals surface area contributed by atoms with Crippen LogP contribution in [0.5, 0.6) is 0 Å². The zero-order chi connectivity index (χ0) is 18.9. The van der Waals surface area contributed by atoms with E-state index in [1.807, 2.05) is 13.8 Å². The van der Waals surface area contributed by atoms with Crippen LogP contribution in [0.15, 0.2) is 0 Å². The molecule has 1 N–H and O–H groups in total. The van der Waals surface area contributed by atoms with Crippen molar-refractivity contribution in [2.24, 2.45) is 0 Å². The lowest BCUT2D eigenvalue weighted by Gasteiger charge is -2.23. The summed E-state index contributed by atoms with van der Waals surface area (Å²) in [5.41, 5.74) is 0. The third-order valence-electron chi connectivity index (χ3n) is 3.96. The van der Waals surface area contributed by atoms with E-state index < -0.39 is 33.5 Å². The van der Waals surface area contributed by atoms with Crippen LogP contribution < -0.4 is 5.32 Å². The summed E-state index contributed by atoms with van der Waals surface area (Å²) >= 11 is 0. The molecule has 0 saturated carbocycles. The van der Waals surface area contributed by atoms with Gasteiger partial charge < -0.3 is 19.0 Å². The Hall–Kier alpha value is -1.35. The molecular formula is C16H29NO7S. The molecule has 0 aromatic heterocycles.